The number of rotatable bonds is 2. The summed E-state index contributed by atoms with van der Waals surface area (Å²) >= 11 is 0. The van der Waals surface area contributed by atoms with E-state index < -0.39 is 0 Å². The number of piperidine rings is 1. The maximum atomic E-state index is 5.06. The van der Waals surface area contributed by atoms with Crippen molar-refractivity contribution < 1.29 is 0 Å². The van der Waals surface area contributed by atoms with Crippen molar-refractivity contribution in [2.24, 2.45) is 10.9 Å². The van der Waals surface area contributed by atoms with Gasteiger partial charge in [-0.05, 0) is 38.8 Å². The highest BCUT2D eigenvalue weighted by molar-refractivity contribution is 5.84. The topological polar surface area (TPSA) is 27.6 Å². The van der Waals surface area contributed by atoms with Crippen molar-refractivity contribution in [3.05, 3.63) is 0 Å². The van der Waals surface area contributed by atoms with Crippen molar-refractivity contribution in [3.8, 4) is 0 Å². The largest absolute Gasteiger partial charge is 0.366 e. The molecule has 98 valence electrons. The van der Waals surface area contributed by atoms with Gasteiger partial charge in [-0.15, -0.1) is 0 Å². The van der Waals surface area contributed by atoms with E-state index in [2.05, 4.69) is 24.3 Å². The molecule has 2 fully saturated rings. The molecule has 0 bridgehead atoms. The van der Waals surface area contributed by atoms with E-state index in [9.17, 15) is 0 Å². The van der Waals surface area contributed by atoms with Crippen LogP contribution < -0.4 is 5.32 Å². The van der Waals surface area contributed by atoms with Gasteiger partial charge in [0.05, 0.1) is 6.04 Å². The average Bonchev–Trinajstić information content (AvgIpc) is 2.38. The minimum Gasteiger partial charge on any atom is -0.366 e. The lowest BCUT2D eigenvalue weighted by atomic mass is 9.87. The first-order valence-electron chi connectivity index (χ1n) is 7.23. The van der Waals surface area contributed by atoms with Crippen LogP contribution >= 0.6 is 0 Å². The third-order valence-electron chi connectivity index (χ3n) is 4.05. The quantitative estimate of drug-likeness (QED) is 0.589. The number of hydrogen-bond acceptors (Lipinski definition) is 2. The van der Waals surface area contributed by atoms with Gasteiger partial charge in [0, 0.05) is 20.0 Å². The lowest BCUT2D eigenvalue weighted by molar-refractivity contribution is 0.395. The van der Waals surface area contributed by atoms with Crippen molar-refractivity contribution in [1.82, 2.24) is 10.2 Å². The number of hydrogen-bond donors (Lipinski definition) is 1. The summed E-state index contributed by atoms with van der Waals surface area (Å²) in [4.78, 5) is 7.32. The first-order valence-corrected chi connectivity index (χ1v) is 7.23. The highest BCUT2D eigenvalue weighted by Gasteiger charge is 2.22. The van der Waals surface area contributed by atoms with Gasteiger partial charge >= 0.3 is 0 Å². The van der Waals surface area contributed by atoms with E-state index >= 15 is 0 Å². The SMILES string of the molecule is CN(C)C(=NC1CCNCC1)C1CCCCC1. The molecule has 0 unspecified atom stereocenters. The van der Waals surface area contributed by atoms with Crippen LogP contribution in [-0.2, 0) is 0 Å². The van der Waals surface area contributed by atoms with Crippen molar-refractivity contribution in [2.45, 2.75) is 51.0 Å². The van der Waals surface area contributed by atoms with E-state index in [0.29, 0.717) is 6.04 Å². The summed E-state index contributed by atoms with van der Waals surface area (Å²) in [6.45, 7) is 2.28. The second kappa shape index (κ2) is 6.39. The molecule has 0 atom stereocenters. The summed E-state index contributed by atoms with van der Waals surface area (Å²) in [6, 6.07) is 0.565. The van der Waals surface area contributed by atoms with Crippen LogP contribution in [0.3, 0.4) is 0 Å². The molecular formula is C14H27N3. The van der Waals surface area contributed by atoms with Crippen molar-refractivity contribution in [2.75, 3.05) is 27.2 Å². The predicted octanol–water partition coefficient (Wildman–Crippen LogP) is 2.28. The molecule has 1 aliphatic carbocycles. The van der Waals surface area contributed by atoms with Gasteiger partial charge < -0.3 is 10.2 Å². The summed E-state index contributed by atoms with van der Waals surface area (Å²) in [5, 5.41) is 3.41. The monoisotopic (exact) mass is 237 g/mol. The van der Waals surface area contributed by atoms with E-state index in [0.717, 1.165) is 19.0 Å². The molecule has 1 heterocycles. The van der Waals surface area contributed by atoms with Gasteiger partial charge in [0.25, 0.3) is 0 Å². The lowest BCUT2D eigenvalue weighted by Crippen LogP contribution is -2.35. The van der Waals surface area contributed by atoms with Gasteiger partial charge in [0.2, 0.25) is 0 Å². The molecule has 2 rings (SSSR count). The Morgan fingerprint density at radius 1 is 1.00 bits per heavy atom. The molecule has 2 aliphatic rings. The zero-order chi connectivity index (χ0) is 12.1. The summed E-state index contributed by atoms with van der Waals surface area (Å²) in [5.41, 5.74) is 0. The fourth-order valence-electron chi connectivity index (χ4n) is 3.07. The van der Waals surface area contributed by atoms with Crippen molar-refractivity contribution >= 4 is 5.84 Å². The van der Waals surface area contributed by atoms with Crippen LogP contribution in [-0.4, -0.2) is 44.0 Å². The summed E-state index contributed by atoms with van der Waals surface area (Å²) < 4.78 is 0. The smallest absolute Gasteiger partial charge is 0.102 e. The fourth-order valence-corrected chi connectivity index (χ4v) is 3.07. The number of nitrogens with zero attached hydrogens (tertiary/aromatic N) is 2. The van der Waals surface area contributed by atoms with Gasteiger partial charge in [-0.1, -0.05) is 19.3 Å². The summed E-state index contributed by atoms with van der Waals surface area (Å²) in [6.07, 6.45) is 9.33. The normalized spacial score (nSPS) is 24.9. The van der Waals surface area contributed by atoms with E-state index in [4.69, 9.17) is 4.99 Å². The minimum atomic E-state index is 0.565. The molecule has 1 saturated carbocycles. The zero-order valence-corrected chi connectivity index (χ0v) is 11.4. The second-order valence-corrected chi connectivity index (χ2v) is 5.70. The molecule has 0 aromatic heterocycles. The van der Waals surface area contributed by atoms with Crippen LogP contribution in [0.2, 0.25) is 0 Å². The van der Waals surface area contributed by atoms with Crippen molar-refractivity contribution in [1.29, 1.82) is 0 Å². The summed E-state index contributed by atoms with van der Waals surface area (Å²) in [5.74, 6) is 2.10. The maximum absolute atomic E-state index is 5.06. The van der Waals surface area contributed by atoms with Crippen LogP contribution in [0.25, 0.3) is 0 Å². The Morgan fingerprint density at radius 2 is 1.65 bits per heavy atom. The predicted molar refractivity (Wildman–Crippen MR) is 73.6 cm³/mol. The standard InChI is InChI=1S/C14H27N3/c1-17(2)14(12-6-4-3-5-7-12)16-13-8-10-15-11-9-13/h12-13,15H,3-11H2,1-2H3. The van der Waals surface area contributed by atoms with E-state index in [1.54, 1.807) is 0 Å². The molecule has 1 N–H and O–H groups in total. The molecule has 3 nitrogen and oxygen atoms in total. The van der Waals surface area contributed by atoms with E-state index in [-0.39, 0.29) is 0 Å². The first kappa shape index (κ1) is 12.9. The third kappa shape index (κ3) is 3.70. The highest BCUT2D eigenvalue weighted by Crippen LogP contribution is 2.26. The van der Waals surface area contributed by atoms with Gasteiger partial charge in [-0.3, -0.25) is 4.99 Å². The zero-order valence-electron chi connectivity index (χ0n) is 11.4. The van der Waals surface area contributed by atoms with Crippen LogP contribution in [0.15, 0.2) is 4.99 Å². The molecule has 3 heteroatoms. The Morgan fingerprint density at radius 3 is 2.24 bits per heavy atom. The molecule has 0 radical (unpaired) electrons. The van der Waals surface area contributed by atoms with Crippen LogP contribution in [0, 0.1) is 5.92 Å². The van der Waals surface area contributed by atoms with Crippen molar-refractivity contribution in [3.63, 3.8) is 0 Å². The fraction of sp³-hybridized carbons (Fsp3) is 0.929. The minimum absolute atomic E-state index is 0.565. The Kier molecular flexibility index (Phi) is 4.84. The second-order valence-electron chi connectivity index (χ2n) is 5.70. The van der Waals surface area contributed by atoms with Gasteiger partial charge in [-0.2, -0.15) is 0 Å². The Balaban J connectivity index is 2.01. The third-order valence-corrected chi connectivity index (χ3v) is 4.05. The average molecular weight is 237 g/mol. The lowest BCUT2D eigenvalue weighted by Gasteiger charge is -2.30. The molecule has 0 aromatic carbocycles. The Bertz CT molecular complexity index is 248. The molecule has 0 spiro atoms. The van der Waals surface area contributed by atoms with Gasteiger partial charge in [-0.25, -0.2) is 0 Å². The number of aliphatic imine (C=N–C) groups is 1. The van der Waals surface area contributed by atoms with Gasteiger partial charge in [0.15, 0.2) is 0 Å². The molecule has 1 aliphatic heterocycles. The van der Waals surface area contributed by atoms with Gasteiger partial charge in [0.1, 0.15) is 5.84 Å². The van der Waals surface area contributed by atoms with Crippen LogP contribution in [0.5, 0.6) is 0 Å². The first-order chi connectivity index (χ1) is 8.27. The summed E-state index contributed by atoms with van der Waals surface area (Å²) in [7, 11) is 4.32. The Labute approximate surface area is 106 Å². The molecule has 0 aromatic rings. The van der Waals surface area contributed by atoms with E-state index in [1.807, 2.05) is 0 Å². The molecule has 0 amide bonds. The van der Waals surface area contributed by atoms with E-state index in [1.165, 1.54) is 50.8 Å². The number of nitrogens with one attached hydrogen (secondary N) is 1. The molecule has 17 heavy (non-hydrogen) atoms. The van der Waals surface area contributed by atoms with Crippen LogP contribution in [0.1, 0.15) is 44.9 Å². The molecule has 1 saturated heterocycles. The molecular weight excluding hydrogens is 210 g/mol. The maximum Gasteiger partial charge on any atom is 0.102 e. The number of amidine groups is 1. The van der Waals surface area contributed by atoms with Crippen LogP contribution in [0.4, 0.5) is 0 Å². The highest BCUT2D eigenvalue weighted by atomic mass is 15.1. The Hall–Kier alpha value is -0.570.